The van der Waals surface area contributed by atoms with Gasteiger partial charge in [0, 0.05) is 6.42 Å². The monoisotopic (exact) mass is 1180 g/mol. The van der Waals surface area contributed by atoms with Crippen molar-refractivity contribution in [2.45, 2.75) is 261 Å². The van der Waals surface area contributed by atoms with Gasteiger partial charge in [-0.3, -0.25) is 4.79 Å². The van der Waals surface area contributed by atoms with Gasteiger partial charge in [-0.15, -0.1) is 0 Å². The van der Waals surface area contributed by atoms with Crippen LogP contribution < -0.4 is 0 Å². The van der Waals surface area contributed by atoms with Crippen LogP contribution in [0.1, 0.15) is 113 Å². The third kappa shape index (κ3) is 10.6. The second kappa shape index (κ2) is 23.0. The standard InChI is InChI=1S/C57H92O25/c1-23-44(79-35-15-26(58)28(60)19-73-35)40(68)43(71)48(77-23)80-45-37(65)30(62)21-75-50(45)82-51(72)57-14-13-52(2,3)16-25(57)24-9-10-33-54(6)17-27(59)46(53(4,5)32(54)11-12-55(33,7)56(24,8)18-34(57)63)81-49-42(70)39(67)38(66)31(78-49)22-76-47-41(69)36(64)29(61)20-74-47/h9,23,25-50,58-71H,10-22H2,1-8H3/t23-,25-,26+,27-,28+,29-,30+,31+,32-,33+,34+,35-,36-,37-,38+,39-,40-,41+,42+,43+,44-,45+,46-,47-,48-,49-,50-,54-,55+,56+,57+/m0/s1. The number of carbonyl (C=O) groups is 1. The smallest absolute Gasteiger partial charge is 0.317 e. The highest BCUT2D eigenvalue weighted by Gasteiger charge is 2.73. The summed E-state index contributed by atoms with van der Waals surface area (Å²) in [5.74, 6) is -1.44. The average Bonchev–Trinajstić information content (AvgIpc) is 0.870. The molecule has 14 N–H and O–H groups in total. The van der Waals surface area contributed by atoms with Gasteiger partial charge in [0.25, 0.3) is 0 Å². The molecule has 0 aromatic carbocycles. The molecule has 470 valence electrons. The van der Waals surface area contributed by atoms with Crippen LogP contribution in [0, 0.1) is 50.2 Å². The van der Waals surface area contributed by atoms with Crippen LogP contribution in [0.2, 0.25) is 0 Å². The number of ether oxygens (including phenoxy) is 10. The number of hydrogen-bond acceptors (Lipinski definition) is 25. The molecule has 25 heteroatoms. The molecule has 82 heavy (non-hydrogen) atoms. The molecule has 10 rings (SSSR count). The second-order valence-corrected chi connectivity index (χ2v) is 27.9. The zero-order valence-electron chi connectivity index (χ0n) is 48.1. The fraction of sp³-hybridized carbons (Fsp3) is 0.947. The van der Waals surface area contributed by atoms with Crippen LogP contribution in [-0.4, -0.2) is 251 Å². The summed E-state index contributed by atoms with van der Waals surface area (Å²) in [5.41, 5.74) is -3.21. The normalized spacial score (nSPS) is 54.8. The highest BCUT2D eigenvalue weighted by atomic mass is 16.8. The van der Waals surface area contributed by atoms with E-state index >= 15 is 4.79 Å². The molecule has 0 aromatic heterocycles. The summed E-state index contributed by atoms with van der Waals surface area (Å²) >= 11 is 0. The lowest BCUT2D eigenvalue weighted by atomic mass is 9.33. The molecule has 25 nitrogen and oxygen atoms in total. The predicted molar refractivity (Wildman–Crippen MR) is 277 cm³/mol. The van der Waals surface area contributed by atoms with Crippen molar-refractivity contribution in [1.82, 2.24) is 0 Å². The van der Waals surface area contributed by atoms with E-state index in [1.165, 1.54) is 6.92 Å². The molecule has 9 fully saturated rings. The maximum Gasteiger partial charge on any atom is 0.317 e. The molecular weight excluding hydrogens is 1080 g/mol. The Balaban J connectivity index is 0.860. The molecule has 5 saturated heterocycles. The van der Waals surface area contributed by atoms with Crippen molar-refractivity contribution in [3.05, 3.63) is 11.6 Å². The summed E-state index contributed by atoms with van der Waals surface area (Å²) < 4.78 is 59.1. The number of fused-ring (bicyclic) bond motifs is 7. The van der Waals surface area contributed by atoms with Crippen molar-refractivity contribution in [1.29, 1.82) is 0 Å². The molecule has 10 aliphatic rings. The Morgan fingerprint density at radius 3 is 1.91 bits per heavy atom. The maximum atomic E-state index is 15.4. The largest absolute Gasteiger partial charge is 0.432 e. The average molecular weight is 1180 g/mol. The van der Waals surface area contributed by atoms with Gasteiger partial charge in [-0.1, -0.05) is 60.1 Å². The van der Waals surface area contributed by atoms with Gasteiger partial charge >= 0.3 is 5.97 Å². The Morgan fingerprint density at radius 2 is 1.22 bits per heavy atom. The lowest BCUT2D eigenvalue weighted by Crippen LogP contribution is -2.70. The van der Waals surface area contributed by atoms with Crippen molar-refractivity contribution < 1.29 is 124 Å². The van der Waals surface area contributed by atoms with Crippen molar-refractivity contribution in [2.24, 2.45) is 50.2 Å². The first-order valence-electron chi connectivity index (χ1n) is 29.5. The van der Waals surface area contributed by atoms with Gasteiger partial charge in [0.05, 0.1) is 56.9 Å². The summed E-state index contributed by atoms with van der Waals surface area (Å²) in [7, 11) is 0. The van der Waals surface area contributed by atoms with Crippen LogP contribution in [-0.2, 0) is 52.2 Å². The Bertz CT molecular complexity index is 2290. The third-order valence-electron chi connectivity index (χ3n) is 22.1. The summed E-state index contributed by atoms with van der Waals surface area (Å²) in [6, 6.07) is 0. The van der Waals surface area contributed by atoms with Gasteiger partial charge in [-0.25, -0.2) is 0 Å². The zero-order valence-corrected chi connectivity index (χ0v) is 48.1. The Morgan fingerprint density at radius 1 is 0.585 bits per heavy atom. The number of aliphatic hydroxyl groups is 14. The van der Waals surface area contributed by atoms with Gasteiger partial charge in [-0.2, -0.15) is 0 Å². The molecule has 0 bridgehead atoms. The van der Waals surface area contributed by atoms with E-state index in [9.17, 15) is 71.5 Å². The Labute approximate surface area is 477 Å². The van der Waals surface area contributed by atoms with E-state index in [0.717, 1.165) is 5.57 Å². The Kier molecular flexibility index (Phi) is 17.8. The van der Waals surface area contributed by atoms with Crippen molar-refractivity contribution in [3.8, 4) is 0 Å². The highest BCUT2D eigenvalue weighted by molar-refractivity contribution is 5.80. The number of rotatable bonds is 11. The lowest BCUT2D eigenvalue weighted by molar-refractivity contribution is -0.363. The highest BCUT2D eigenvalue weighted by Crippen LogP contribution is 2.76. The first-order chi connectivity index (χ1) is 38.3. The Hall–Kier alpha value is -1.71. The fourth-order valence-electron chi connectivity index (χ4n) is 17.2. The van der Waals surface area contributed by atoms with Crippen LogP contribution >= 0.6 is 0 Å². The molecule has 0 radical (unpaired) electrons. The second-order valence-electron chi connectivity index (χ2n) is 27.9. The summed E-state index contributed by atoms with van der Waals surface area (Å²) in [6.45, 7) is 15.0. The first-order valence-corrected chi connectivity index (χ1v) is 29.5. The van der Waals surface area contributed by atoms with E-state index in [1.807, 2.05) is 13.8 Å². The lowest BCUT2D eigenvalue weighted by Gasteiger charge is -2.72. The van der Waals surface area contributed by atoms with Crippen molar-refractivity contribution in [2.75, 3.05) is 26.4 Å². The van der Waals surface area contributed by atoms with Crippen LogP contribution in [0.3, 0.4) is 0 Å². The number of allylic oxidation sites excluding steroid dienone is 2. The van der Waals surface area contributed by atoms with Gasteiger partial charge in [-0.05, 0) is 103 Å². The van der Waals surface area contributed by atoms with Gasteiger partial charge < -0.3 is 119 Å². The maximum absolute atomic E-state index is 15.4. The molecule has 4 saturated carbocycles. The third-order valence-corrected chi connectivity index (χ3v) is 22.1. The minimum absolute atomic E-state index is 0.0537. The van der Waals surface area contributed by atoms with E-state index in [4.69, 9.17) is 47.4 Å². The van der Waals surface area contributed by atoms with Crippen LogP contribution in [0.15, 0.2) is 11.6 Å². The van der Waals surface area contributed by atoms with E-state index in [1.54, 1.807) is 0 Å². The molecule has 31 atom stereocenters. The van der Waals surface area contributed by atoms with E-state index in [2.05, 4.69) is 40.7 Å². The zero-order chi connectivity index (χ0) is 59.7. The molecule has 5 aliphatic heterocycles. The van der Waals surface area contributed by atoms with E-state index < -0.39 is 200 Å². The summed E-state index contributed by atoms with van der Waals surface area (Å²) in [5, 5.41) is 154. The van der Waals surface area contributed by atoms with Gasteiger partial charge in [0.15, 0.2) is 31.3 Å². The van der Waals surface area contributed by atoms with Gasteiger partial charge in [0.2, 0.25) is 6.29 Å². The predicted octanol–water partition coefficient (Wildman–Crippen LogP) is -2.30. The van der Waals surface area contributed by atoms with Crippen LogP contribution in [0.4, 0.5) is 0 Å². The molecular formula is C57H92O25. The number of carbonyl (C=O) groups excluding carboxylic acids is 1. The fourth-order valence-corrected chi connectivity index (χ4v) is 17.2. The minimum Gasteiger partial charge on any atom is -0.432 e. The van der Waals surface area contributed by atoms with Crippen LogP contribution in [0.25, 0.3) is 0 Å². The quantitative estimate of drug-likeness (QED) is 0.0588. The van der Waals surface area contributed by atoms with Crippen molar-refractivity contribution >= 4 is 5.97 Å². The van der Waals surface area contributed by atoms with Crippen molar-refractivity contribution in [3.63, 3.8) is 0 Å². The molecule has 0 spiro atoms. The first kappa shape index (κ1) is 63.3. The molecule has 0 aromatic rings. The number of hydrogen-bond donors (Lipinski definition) is 14. The molecule has 0 unspecified atom stereocenters. The molecule has 5 heterocycles. The summed E-state index contributed by atoms with van der Waals surface area (Å²) in [6.07, 6.45) is -28.6. The SMILES string of the molecule is C[C@@H]1O[C@@H](O[C@H]2[C@H](OC(=O)[C@]34CCC(C)(C)C[C@H]3C3=CC[C@@H]5[C@@]6(C)C[C@H](O)[C@H](O[C@@H]7O[C@H](CO[C@@H]8OC[C@H](O)[C@H](O)[C@H]8O)[C@@H](O)[C@H](O)[C@H]7O)C(C)(C)[C@@H]6CC[C@@]5(C)[C@]3(C)C[C@H]4O)OC[C@@H](O)[C@@H]2O)[C@H](O)[C@H](O)[C@H]1O[C@H]1C[C@@H](O)[C@H](O)CO1. The van der Waals surface area contributed by atoms with E-state index in [0.29, 0.717) is 32.1 Å². The van der Waals surface area contributed by atoms with E-state index in [-0.39, 0.29) is 56.1 Å². The number of esters is 1. The molecule has 5 aliphatic carbocycles. The summed E-state index contributed by atoms with van der Waals surface area (Å²) in [4.78, 5) is 15.4. The topological polar surface area (TPSA) is 393 Å². The minimum atomic E-state index is -1.81. The van der Waals surface area contributed by atoms with Gasteiger partial charge in [0.1, 0.15) is 84.8 Å². The van der Waals surface area contributed by atoms with Crippen LogP contribution in [0.5, 0.6) is 0 Å². The molecule has 0 amide bonds. The number of aliphatic hydroxyl groups excluding tert-OH is 14.